The Morgan fingerprint density at radius 2 is 2.04 bits per heavy atom. The summed E-state index contributed by atoms with van der Waals surface area (Å²) in [6, 6.07) is 10.3. The number of aliphatic carboxylic acids is 1. The van der Waals surface area contributed by atoms with Crippen LogP contribution < -0.4 is 5.32 Å². The molecule has 5 heteroatoms. The molecule has 2 fully saturated rings. The second-order valence-electron chi connectivity index (χ2n) is 7.83. The first-order valence-corrected chi connectivity index (χ1v) is 9.08. The summed E-state index contributed by atoms with van der Waals surface area (Å²) >= 11 is 0. The highest BCUT2D eigenvalue weighted by Gasteiger charge is 2.43. The van der Waals surface area contributed by atoms with E-state index in [0.717, 1.165) is 6.42 Å². The van der Waals surface area contributed by atoms with E-state index in [0.29, 0.717) is 25.7 Å². The minimum atomic E-state index is -0.790. The first-order chi connectivity index (χ1) is 11.8. The lowest BCUT2D eigenvalue weighted by Crippen LogP contribution is -2.41. The smallest absolute Gasteiger partial charge is 0.306 e. The molecule has 1 aromatic rings. The van der Waals surface area contributed by atoms with Crippen LogP contribution in [0.15, 0.2) is 30.3 Å². The van der Waals surface area contributed by atoms with Crippen LogP contribution >= 0.6 is 0 Å². The van der Waals surface area contributed by atoms with E-state index in [4.69, 9.17) is 4.74 Å². The number of hydrogen-bond donors (Lipinski definition) is 2. The second-order valence-corrected chi connectivity index (χ2v) is 7.83. The molecule has 0 spiro atoms. The predicted molar refractivity (Wildman–Crippen MR) is 94.1 cm³/mol. The van der Waals surface area contributed by atoms with Crippen molar-refractivity contribution in [2.24, 2.45) is 11.8 Å². The number of carbonyl (C=O) groups is 2. The summed E-state index contributed by atoms with van der Waals surface area (Å²) in [5.41, 5.74) is 0.780. The van der Waals surface area contributed by atoms with Crippen LogP contribution in [0.1, 0.15) is 45.1 Å². The van der Waals surface area contributed by atoms with Crippen molar-refractivity contribution >= 4 is 11.8 Å². The van der Waals surface area contributed by atoms with Crippen molar-refractivity contribution in [1.82, 2.24) is 5.32 Å². The van der Waals surface area contributed by atoms with Crippen molar-refractivity contribution < 1.29 is 19.4 Å². The molecule has 3 rings (SSSR count). The number of hydrogen-bond acceptors (Lipinski definition) is 4. The van der Waals surface area contributed by atoms with Crippen molar-refractivity contribution in [3.8, 4) is 0 Å². The summed E-state index contributed by atoms with van der Waals surface area (Å²) in [7, 11) is 0. The van der Waals surface area contributed by atoms with E-state index in [2.05, 4.69) is 17.4 Å². The Kier molecular flexibility index (Phi) is 5.25. The molecule has 1 aliphatic heterocycles. The van der Waals surface area contributed by atoms with Gasteiger partial charge in [-0.05, 0) is 44.6 Å². The molecule has 0 radical (unpaired) electrons. The number of Topliss-reactive ketones (excluding diaryl/α,β-unsaturated/α-hetero) is 1. The third kappa shape index (κ3) is 4.47. The van der Waals surface area contributed by atoms with Gasteiger partial charge in [-0.2, -0.15) is 0 Å². The van der Waals surface area contributed by atoms with Gasteiger partial charge in [0, 0.05) is 18.9 Å². The number of nitrogens with one attached hydrogen (secondary N) is 1. The van der Waals surface area contributed by atoms with Crippen LogP contribution in [0.3, 0.4) is 0 Å². The highest BCUT2D eigenvalue weighted by molar-refractivity contribution is 5.82. The Hall–Kier alpha value is -1.72. The standard InChI is InChI=1S/C20H27NO4/c1-20(2)21-17(10-13-6-4-3-5-7-13)18(25-20)12-14-11-15(22)8-9-16(14)19(23)24/h3-7,14,16-18,21H,8-12H2,1-2H3,(H,23,24). The molecule has 2 aliphatic rings. The maximum Gasteiger partial charge on any atom is 0.306 e. The van der Waals surface area contributed by atoms with E-state index in [-0.39, 0.29) is 23.8 Å². The van der Waals surface area contributed by atoms with Gasteiger partial charge in [0.15, 0.2) is 0 Å². The fraction of sp³-hybridized carbons (Fsp3) is 0.600. The number of benzene rings is 1. The van der Waals surface area contributed by atoms with Gasteiger partial charge in [-0.25, -0.2) is 0 Å². The molecule has 1 saturated heterocycles. The van der Waals surface area contributed by atoms with Crippen LogP contribution in [0.4, 0.5) is 0 Å². The maximum atomic E-state index is 11.9. The summed E-state index contributed by atoms with van der Waals surface area (Å²) < 4.78 is 6.18. The van der Waals surface area contributed by atoms with Gasteiger partial charge in [0.25, 0.3) is 0 Å². The van der Waals surface area contributed by atoms with Crippen LogP contribution in [0.25, 0.3) is 0 Å². The minimum absolute atomic E-state index is 0.0899. The summed E-state index contributed by atoms with van der Waals surface area (Å²) in [4.78, 5) is 23.4. The van der Waals surface area contributed by atoms with Gasteiger partial charge in [-0.3, -0.25) is 14.9 Å². The molecular weight excluding hydrogens is 318 g/mol. The van der Waals surface area contributed by atoms with Gasteiger partial charge in [-0.1, -0.05) is 30.3 Å². The number of ketones is 1. The Balaban J connectivity index is 1.73. The third-order valence-corrected chi connectivity index (χ3v) is 5.37. The monoisotopic (exact) mass is 345 g/mol. The van der Waals surface area contributed by atoms with Crippen molar-refractivity contribution in [3.05, 3.63) is 35.9 Å². The molecule has 4 unspecified atom stereocenters. The number of carboxylic acid groups (broad SMARTS) is 1. The normalized spacial score (nSPS) is 31.8. The Morgan fingerprint density at radius 3 is 2.72 bits per heavy atom. The quantitative estimate of drug-likeness (QED) is 0.858. The summed E-state index contributed by atoms with van der Waals surface area (Å²) in [6.45, 7) is 3.98. The average Bonchev–Trinajstić information content (AvgIpc) is 2.81. The average molecular weight is 345 g/mol. The van der Waals surface area contributed by atoms with Crippen LogP contribution in [0.2, 0.25) is 0 Å². The number of carbonyl (C=O) groups excluding carboxylic acids is 1. The van der Waals surface area contributed by atoms with E-state index in [9.17, 15) is 14.7 Å². The Bertz CT molecular complexity index is 628. The van der Waals surface area contributed by atoms with Crippen molar-refractivity contribution in [1.29, 1.82) is 0 Å². The van der Waals surface area contributed by atoms with E-state index in [1.807, 2.05) is 32.0 Å². The number of rotatable bonds is 5. The third-order valence-electron chi connectivity index (χ3n) is 5.37. The summed E-state index contributed by atoms with van der Waals surface area (Å²) in [5.74, 6) is -1.20. The van der Waals surface area contributed by atoms with E-state index < -0.39 is 17.6 Å². The zero-order valence-electron chi connectivity index (χ0n) is 14.9. The van der Waals surface area contributed by atoms with Gasteiger partial charge in [0.2, 0.25) is 0 Å². The van der Waals surface area contributed by atoms with Crippen LogP contribution in [-0.4, -0.2) is 34.7 Å². The molecule has 0 amide bonds. The number of ether oxygens (including phenoxy) is 1. The van der Waals surface area contributed by atoms with Crippen molar-refractivity contribution in [2.75, 3.05) is 0 Å². The topological polar surface area (TPSA) is 75.6 Å². The number of carboxylic acids is 1. The molecular formula is C20H27NO4. The zero-order valence-corrected chi connectivity index (χ0v) is 14.9. The fourth-order valence-electron chi connectivity index (χ4n) is 4.26. The first kappa shape index (κ1) is 18.1. The molecule has 25 heavy (non-hydrogen) atoms. The van der Waals surface area contributed by atoms with Gasteiger partial charge < -0.3 is 9.84 Å². The molecule has 136 valence electrons. The second kappa shape index (κ2) is 7.26. The fourth-order valence-corrected chi connectivity index (χ4v) is 4.26. The van der Waals surface area contributed by atoms with Crippen molar-refractivity contribution in [2.45, 2.75) is 63.8 Å². The molecule has 5 nitrogen and oxygen atoms in total. The molecule has 1 heterocycles. The minimum Gasteiger partial charge on any atom is -0.481 e. The zero-order chi connectivity index (χ0) is 18.0. The molecule has 1 aromatic carbocycles. The van der Waals surface area contributed by atoms with E-state index >= 15 is 0 Å². The largest absolute Gasteiger partial charge is 0.481 e. The van der Waals surface area contributed by atoms with E-state index in [1.54, 1.807) is 0 Å². The highest BCUT2D eigenvalue weighted by atomic mass is 16.5. The molecule has 0 aromatic heterocycles. The Morgan fingerprint density at radius 1 is 1.32 bits per heavy atom. The lowest BCUT2D eigenvalue weighted by molar-refractivity contribution is -0.147. The SMILES string of the molecule is CC1(C)NC(Cc2ccccc2)C(CC2CC(=O)CCC2C(=O)O)O1. The summed E-state index contributed by atoms with van der Waals surface area (Å²) in [5, 5.41) is 13.0. The molecule has 2 N–H and O–H groups in total. The lowest BCUT2D eigenvalue weighted by Gasteiger charge is -2.31. The molecule has 1 aliphatic carbocycles. The van der Waals surface area contributed by atoms with Gasteiger partial charge in [0.1, 0.15) is 11.5 Å². The van der Waals surface area contributed by atoms with E-state index in [1.165, 1.54) is 5.56 Å². The Labute approximate surface area is 148 Å². The molecule has 0 bridgehead atoms. The molecule has 4 atom stereocenters. The lowest BCUT2D eigenvalue weighted by atomic mass is 9.75. The van der Waals surface area contributed by atoms with Crippen LogP contribution in [0.5, 0.6) is 0 Å². The first-order valence-electron chi connectivity index (χ1n) is 9.08. The van der Waals surface area contributed by atoms with Crippen LogP contribution in [0, 0.1) is 11.8 Å². The predicted octanol–water partition coefficient (Wildman–Crippen LogP) is 2.78. The van der Waals surface area contributed by atoms with Gasteiger partial charge in [-0.15, -0.1) is 0 Å². The van der Waals surface area contributed by atoms with Crippen molar-refractivity contribution in [3.63, 3.8) is 0 Å². The van der Waals surface area contributed by atoms with Gasteiger partial charge in [0.05, 0.1) is 12.0 Å². The summed E-state index contributed by atoms with van der Waals surface area (Å²) in [6.07, 6.45) is 2.54. The van der Waals surface area contributed by atoms with Gasteiger partial charge >= 0.3 is 5.97 Å². The maximum absolute atomic E-state index is 11.9. The van der Waals surface area contributed by atoms with Crippen LogP contribution in [-0.2, 0) is 20.7 Å². The molecule has 1 saturated carbocycles. The highest BCUT2D eigenvalue weighted by Crippen LogP contribution is 2.36.